The highest BCUT2D eigenvalue weighted by molar-refractivity contribution is 7.89. The Morgan fingerprint density at radius 2 is 1.45 bits per heavy atom. The summed E-state index contributed by atoms with van der Waals surface area (Å²) in [6.07, 6.45) is 4.63. The van der Waals surface area contributed by atoms with E-state index in [2.05, 4.69) is 39.2 Å². The molecule has 6 nitrogen and oxygen atoms in total. The van der Waals surface area contributed by atoms with Gasteiger partial charge in [-0.25, -0.2) is 13.1 Å². The van der Waals surface area contributed by atoms with Gasteiger partial charge in [-0.1, -0.05) is 91.3 Å². The van der Waals surface area contributed by atoms with Crippen molar-refractivity contribution in [1.82, 2.24) is 14.9 Å². The first kappa shape index (κ1) is 28.0. The maximum Gasteiger partial charge on any atom is 0.241 e. The summed E-state index contributed by atoms with van der Waals surface area (Å²) in [6, 6.07) is 29.9. The molecular weight excluding hydrogens is 518 g/mol. The summed E-state index contributed by atoms with van der Waals surface area (Å²) in [6.45, 7) is 3.84. The first-order chi connectivity index (χ1) is 19.5. The summed E-state index contributed by atoms with van der Waals surface area (Å²) < 4.78 is 29.5. The predicted octanol–water partition coefficient (Wildman–Crippen LogP) is 5.59. The fourth-order valence-corrected chi connectivity index (χ4v) is 6.55. The lowest BCUT2D eigenvalue weighted by molar-refractivity contribution is -0.121. The lowest BCUT2D eigenvalue weighted by Crippen LogP contribution is -2.34. The Morgan fingerprint density at radius 1 is 0.775 bits per heavy atom. The van der Waals surface area contributed by atoms with Gasteiger partial charge in [0.15, 0.2) is 0 Å². The number of nitrogens with one attached hydrogen (secondary N) is 2. The van der Waals surface area contributed by atoms with Crippen LogP contribution in [0.3, 0.4) is 0 Å². The van der Waals surface area contributed by atoms with Gasteiger partial charge in [0, 0.05) is 19.5 Å². The van der Waals surface area contributed by atoms with Gasteiger partial charge in [0.1, 0.15) is 0 Å². The molecule has 1 atom stereocenters. The number of likely N-dealkylation sites (tertiary alicyclic amines) is 1. The summed E-state index contributed by atoms with van der Waals surface area (Å²) in [5.41, 5.74) is 3.23. The van der Waals surface area contributed by atoms with Crippen molar-refractivity contribution in [2.24, 2.45) is 0 Å². The third-order valence-electron chi connectivity index (χ3n) is 7.53. The highest BCUT2D eigenvalue weighted by Gasteiger charge is 2.24. The molecule has 1 aliphatic rings. The summed E-state index contributed by atoms with van der Waals surface area (Å²) in [5.74, 6) is -0.197. The van der Waals surface area contributed by atoms with Crippen LogP contribution in [0, 0.1) is 0 Å². The van der Waals surface area contributed by atoms with E-state index in [0.717, 1.165) is 22.9 Å². The van der Waals surface area contributed by atoms with Crippen LogP contribution < -0.4 is 10.0 Å². The topological polar surface area (TPSA) is 78.5 Å². The smallest absolute Gasteiger partial charge is 0.241 e. The second-order valence-corrected chi connectivity index (χ2v) is 12.3. The Kier molecular flexibility index (Phi) is 9.26. The number of nitrogens with zero attached hydrogens (tertiary/aromatic N) is 1. The zero-order chi connectivity index (χ0) is 27.8. The third kappa shape index (κ3) is 7.56. The van der Waals surface area contributed by atoms with Crippen LogP contribution in [0.2, 0.25) is 0 Å². The molecule has 4 aromatic rings. The van der Waals surface area contributed by atoms with Gasteiger partial charge in [0.2, 0.25) is 15.9 Å². The van der Waals surface area contributed by atoms with Crippen LogP contribution in [0.4, 0.5) is 0 Å². The van der Waals surface area contributed by atoms with E-state index in [0.29, 0.717) is 13.0 Å². The molecule has 0 spiro atoms. The van der Waals surface area contributed by atoms with Gasteiger partial charge in [-0.05, 0) is 71.9 Å². The van der Waals surface area contributed by atoms with Crippen molar-refractivity contribution in [3.63, 3.8) is 0 Å². The molecule has 5 rings (SSSR count). The van der Waals surface area contributed by atoms with Gasteiger partial charge < -0.3 is 5.32 Å². The number of carbonyl (C=O) groups is 1. The van der Waals surface area contributed by atoms with E-state index in [-0.39, 0.29) is 17.2 Å². The number of amides is 1. The number of sulfonamides is 1. The zero-order valence-corrected chi connectivity index (χ0v) is 23.6. The molecule has 2 N–H and O–H groups in total. The minimum atomic E-state index is -3.86. The Balaban J connectivity index is 1.18. The van der Waals surface area contributed by atoms with Crippen LogP contribution in [0.25, 0.3) is 10.8 Å². The molecule has 208 valence electrons. The molecule has 0 saturated carbocycles. The van der Waals surface area contributed by atoms with E-state index in [4.69, 9.17) is 0 Å². The van der Waals surface area contributed by atoms with Gasteiger partial charge >= 0.3 is 0 Å². The second-order valence-electron chi connectivity index (χ2n) is 10.6. The largest absolute Gasteiger partial charge is 0.356 e. The van der Waals surface area contributed by atoms with Crippen molar-refractivity contribution in [1.29, 1.82) is 0 Å². The molecule has 0 aromatic heterocycles. The van der Waals surface area contributed by atoms with E-state index in [1.807, 2.05) is 54.6 Å². The average molecular weight is 556 g/mol. The minimum absolute atomic E-state index is 0.00555. The van der Waals surface area contributed by atoms with E-state index < -0.39 is 16.1 Å². The lowest BCUT2D eigenvalue weighted by atomic mass is 10.0. The maximum atomic E-state index is 13.3. The molecule has 1 heterocycles. The van der Waals surface area contributed by atoms with Gasteiger partial charge in [0.05, 0.1) is 10.9 Å². The fraction of sp³-hybridized carbons (Fsp3) is 0.303. The second kappa shape index (κ2) is 13.2. The summed E-state index contributed by atoms with van der Waals surface area (Å²) in [4.78, 5) is 15.6. The van der Waals surface area contributed by atoms with Crippen molar-refractivity contribution in [2.75, 3.05) is 19.6 Å². The maximum absolute atomic E-state index is 13.3. The van der Waals surface area contributed by atoms with Crippen molar-refractivity contribution in [2.45, 2.75) is 49.6 Å². The first-order valence-electron chi connectivity index (χ1n) is 14.1. The predicted molar refractivity (Wildman–Crippen MR) is 160 cm³/mol. The number of rotatable bonds is 11. The third-order valence-corrected chi connectivity index (χ3v) is 9.00. The molecule has 0 aliphatic carbocycles. The van der Waals surface area contributed by atoms with Gasteiger partial charge in [0.25, 0.3) is 0 Å². The SMILES string of the molecule is O=C(C[C@@H](NS(=O)(=O)c1ccc2ccccc2c1)c1ccccc1)NCCc1ccc(CN2CCCCC2)cc1. The first-order valence-corrected chi connectivity index (χ1v) is 15.6. The summed E-state index contributed by atoms with van der Waals surface area (Å²) >= 11 is 0. The van der Waals surface area contributed by atoms with Crippen LogP contribution in [0.5, 0.6) is 0 Å². The Hall–Kier alpha value is -3.52. The van der Waals surface area contributed by atoms with Crippen LogP contribution >= 0.6 is 0 Å². The number of hydrogen-bond donors (Lipinski definition) is 2. The van der Waals surface area contributed by atoms with Crippen molar-refractivity contribution in [3.05, 3.63) is 114 Å². The highest BCUT2D eigenvalue weighted by Crippen LogP contribution is 2.23. The number of carbonyl (C=O) groups excluding carboxylic acids is 1. The number of piperidine rings is 1. The normalized spacial score (nSPS) is 15.1. The van der Waals surface area contributed by atoms with E-state index in [1.54, 1.807) is 18.2 Å². The molecule has 4 aromatic carbocycles. The molecule has 1 amide bonds. The molecule has 1 saturated heterocycles. The lowest BCUT2D eigenvalue weighted by Gasteiger charge is -2.26. The molecule has 40 heavy (non-hydrogen) atoms. The molecule has 0 unspecified atom stereocenters. The molecule has 7 heteroatoms. The van der Waals surface area contributed by atoms with E-state index >= 15 is 0 Å². The Labute approximate surface area is 237 Å². The van der Waals surface area contributed by atoms with Crippen LogP contribution in [-0.2, 0) is 27.8 Å². The monoisotopic (exact) mass is 555 g/mol. The van der Waals surface area contributed by atoms with Crippen molar-refractivity contribution in [3.8, 4) is 0 Å². The van der Waals surface area contributed by atoms with Gasteiger partial charge in [-0.15, -0.1) is 0 Å². The fourth-order valence-electron chi connectivity index (χ4n) is 5.29. The van der Waals surface area contributed by atoms with E-state index in [1.165, 1.54) is 43.5 Å². The minimum Gasteiger partial charge on any atom is -0.356 e. The Bertz CT molecular complexity index is 1520. The summed E-state index contributed by atoms with van der Waals surface area (Å²) in [5, 5.41) is 4.80. The van der Waals surface area contributed by atoms with E-state index in [9.17, 15) is 13.2 Å². The standard InChI is InChI=1S/C33H37N3O3S/c37-33(34-20-19-26-13-15-27(16-14-26)25-36-21-7-2-8-22-36)24-32(29-10-3-1-4-11-29)35-40(38,39)31-18-17-28-9-5-6-12-30(28)23-31/h1,3-6,9-18,23,32,35H,2,7-8,19-22,24-25H2,(H,34,37)/t32-/m1/s1. The Morgan fingerprint density at radius 3 is 2.20 bits per heavy atom. The summed E-state index contributed by atoms with van der Waals surface area (Å²) in [7, 11) is -3.86. The van der Waals surface area contributed by atoms with Crippen molar-refractivity contribution < 1.29 is 13.2 Å². The molecule has 0 radical (unpaired) electrons. The molecule has 0 bridgehead atoms. The quantitative estimate of drug-likeness (QED) is 0.253. The average Bonchev–Trinajstić information content (AvgIpc) is 2.98. The zero-order valence-electron chi connectivity index (χ0n) is 22.8. The van der Waals surface area contributed by atoms with Gasteiger partial charge in [-0.3, -0.25) is 9.69 Å². The molecule has 1 aliphatic heterocycles. The number of fused-ring (bicyclic) bond motifs is 1. The molecule has 1 fully saturated rings. The van der Waals surface area contributed by atoms with Gasteiger partial charge in [-0.2, -0.15) is 0 Å². The van der Waals surface area contributed by atoms with Crippen molar-refractivity contribution >= 4 is 26.7 Å². The highest BCUT2D eigenvalue weighted by atomic mass is 32.2. The number of hydrogen-bond acceptors (Lipinski definition) is 4. The van der Waals surface area contributed by atoms with Crippen LogP contribution in [0.15, 0.2) is 102 Å². The number of benzene rings is 4. The molecular formula is C33H37N3O3S. The van der Waals surface area contributed by atoms with Crippen LogP contribution in [-0.4, -0.2) is 38.9 Å². The van der Waals surface area contributed by atoms with Crippen LogP contribution in [0.1, 0.15) is 48.4 Å².